The van der Waals surface area contributed by atoms with E-state index < -0.39 is 0 Å². The number of carbonyl (C=O) groups excluding carboxylic acids is 1. The van der Waals surface area contributed by atoms with Gasteiger partial charge in [-0.2, -0.15) is 0 Å². The summed E-state index contributed by atoms with van der Waals surface area (Å²) in [6.45, 7) is 7.79. The van der Waals surface area contributed by atoms with Crippen molar-refractivity contribution in [2.75, 3.05) is 18.5 Å². The standard InChI is InChI=1S/C17H26N2O2/c1-4-18-17(20)13-5-7-14(8-6-13)19-15-9-10-21-16(11-15)12(2)3/h5-8,12,15-16,19H,4,9-11H2,1-3H3,(H,18,20). The summed E-state index contributed by atoms with van der Waals surface area (Å²) >= 11 is 0. The van der Waals surface area contributed by atoms with Crippen molar-refractivity contribution in [1.29, 1.82) is 0 Å². The summed E-state index contributed by atoms with van der Waals surface area (Å²) in [5.74, 6) is 0.532. The highest BCUT2D eigenvalue weighted by atomic mass is 16.5. The van der Waals surface area contributed by atoms with E-state index in [1.807, 2.05) is 31.2 Å². The molecule has 1 aromatic carbocycles. The lowest BCUT2D eigenvalue weighted by molar-refractivity contribution is -0.0160. The third-order valence-electron chi connectivity index (χ3n) is 3.91. The van der Waals surface area contributed by atoms with Gasteiger partial charge in [-0.15, -0.1) is 0 Å². The lowest BCUT2D eigenvalue weighted by atomic mass is 9.95. The first-order chi connectivity index (χ1) is 10.1. The van der Waals surface area contributed by atoms with Crippen LogP contribution < -0.4 is 10.6 Å². The molecule has 0 aromatic heterocycles. The Morgan fingerprint density at radius 2 is 2.05 bits per heavy atom. The summed E-state index contributed by atoms with van der Waals surface area (Å²) in [5, 5.41) is 6.36. The number of hydrogen-bond donors (Lipinski definition) is 2. The number of hydrogen-bond acceptors (Lipinski definition) is 3. The van der Waals surface area contributed by atoms with E-state index in [-0.39, 0.29) is 5.91 Å². The Labute approximate surface area is 127 Å². The van der Waals surface area contributed by atoms with Gasteiger partial charge < -0.3 is 15.4 Å². The maximum Gasteiger partial charge on any atom is 0.251 e. The Morgan fingerprint density at radius 1 is 1.33 bits per heavy atom. The van der Waals surface area contributed by atoms with E-state index in [0.29, 0.717) is 30.2 Å². The highest BCUT2D eigenvalue weighted by molar-refractivity contribution is 5.94. The van der Waals surface area contributed by atoms with Crippen molar-refractivity contribution in [3.05, 3.63) is 29.8 Å². The molecule has 2 rings (SSSR count). The largest absolute Gasteiger partial charge is 0.382 e. The van der Waals surface area contributed by atoms with E-state index in [2.05, 4.69) is 24.5 Å². The topological polar surface area (TPSA) is 50.4 Å². The fourth-order valence-electron chi connectivity index (χ4n) is 2.64. The van der Waals surface area contributed by atoms with E-state index in [0.717, 1.165) is 25.1 Å². The molecule has 1 fully saturated rings. The zero-order valence-electron chi connectivity index (χ0n) is 13.2. The summed E-state index contributed by atoms with van der Waals surface area (Å²) in [6, 6.07) is 8.13. The summed E-state index contributed by atoms with van der Waals surface area (Å²) in [4.78, 5) is 11.7. The minimum absolute atomic E-state index is 0.0185. The van der Waals surface area contributed by atoms with Gasteiger partial charge in [-0.05, 0) is 49.9 Å². The third kappa shape index (κ3) is 4.46. The van der Waals surface area contributed by atoms with E-state index in [4.69, 9.17) is 4.74 Å². The van der Waals surface area contributed by atoms with E-state index in [1.165, 1.54) is 0 Å². The van der Waals surface area contributed by atoms with Gasteiger partial charge in [-0.3, -0.25) is 4.79 Å². The molecule has 1 amide bonds. The molecule has 4 nitrogen and oxygen atoms in total. The fraction of sp³-hybridized carbons (Fsp3) is 0.588. The van der Waals surface area contributed by atoms with E-state index >= 15 is 0 Å². The summed E-state index contributed by atoms with van der Waals surface area (Å²) in [6.07, 6.45) is 2.41. The molecule has 0 bridgehead atoms. The highest BCUT2D eigenvalue weighted by Crippen LogP contribution is 2.23. The molecule has 21 heavy (non-hydrogen) atoms. The fourth-order valence-corrected chi connectivity index (χ4v) is 2.64. The first-order valence-corrected chi connectivity index (χ1v) is 7.86. The molecule has 0 spiro atoms. The lowest BCUT2D eigenvalue weighted by Crippen LogP contribution is -2.36. The van der Waals surface area contributed by atoms with Crippen LogP contribution in [0, 0.1) is 5.92 Å². The maximum atomic E-state index is 11.7. The average molecular weight is 290 g/mol. The minimum atomic E-state index is -0.0185. The minimum Gasteiger partial charge on any atom is -0.382 e. The van der Waals surface area contributed by atoms with Crippen LogP contribution in [0.2, 0.25) is 0 Å². The molecule has 116 valence electrons. The Morgan fingerprint density at radius 3 is 2.67 bits per heavy atom. The van der Waals surface area contributed by atoms with Gasteiger partial charge in [0.25, 0.3) is 5.91 Å². The zero-order chi connectivity index (χ0) is 15.2. The molecular weight excluding hydrogens is 264 g/mol. The molecule has 1 saturated heterocycles. The van der Waals surface area contributed by atoms with Gasteiger partial charge in [0.15, 0.2) is 0 Å². The Kier molecular flexibility index (Phi) is 5.62. The molecule has 0 aliphatic carbocycles. The number of nitrogens with one attached hydrogen (secondary N) is 2. The van der Waals surface area contributed by atoms with Crippen LogP contribution in [0.1, 0.15) is 44.0 Å². The van der Waals surface area contributed by atoms with Crippen LogP contribution in [0.4, 0.5) is 5.69 Å². The predicted octanol–water partition coefficient (Wildman–Crippen LogP) is 3.05. The van der Waals surface area contributed by atoms with Gasteiger partial charge in [0, 0.05) is 30.4 Å². The lowest BCUT2D eigenvalue weighted by Gasteiger charge is -2.33. The molecule has 2 atom stereocenters. The first-order valence-electron chi connectivity index (χ1n) is 7.86. The van der Waals surface area contributed by atoms with Crippen LogP contribution in [0.3, 0.4) is 0 Å². The van der Waals surface area contributed by atoms with Crippen molar-refractivity contribution in [2.45, 2.75) is 45.8 Å². The molecule has 1 heterocycles. The van der Waals surface area contributed by atoms with Crippen LogP contribution in [-0.4, -0.2) is 31.2 Å². The summed E-state index contributed by atoms with van der Waals surface area (Å²) in [5.41, 5.74) is 1.77. The molecule has 1 aromatic rings. The Bertz CT molecular complexity index is 456. The molecule has 2 unspecified atom stereocenters. The van der Waals surface area contributed by atoms with Crippen LogP contribution in [0.25, 0.3) is 0 Å². The molecule has 2 N–H and O–H groups in total. The number of ether oxygens (including phenoxy) is 1. The quantitative estimate of drug-likeness (QED) is 0.876. The molecule has 1 aliphatic heterocycles. The number of rotatable bonds is 5. The number of carbonyl (C=O) groups is 1. The van der Waals surface area contributed by atoms with Gasteiger partial charge in [0.1, 0.15) is 0 Å². The molecule has 4 heteroatoms. The van der Waals surface area contributed by atoms with Crippen LogP contribution in [-0.2, 0) is 4.74 Å². The Hall–Kier alpha value is -1.55. The van der Waals surface area contributed by atoms with Gasteiger partial charge in [0.05, 0.1) is 6.10 Å². The third-order valence-corrected chi connectivity index (χ3v) is 3.91. The van der Waals surface area contributed by atoms with Crippen molar-refractivity contribution in [1.82, 2.24) is 5.32 Å². The van der Waals surface area contributed by atoms with Crippen LogP contribution in [0.15, 0.2) is 24.3 Å². The SMILES string of the molecule is CCNC(=O)c1ccc(NC2CCOC(C(C)C)C2)cc1. The Balaban J connectivity index is 1.92. The average Bonchev–Trinajstić information content (AvgIpc) is 2.48. The molecular formula is C17H26N2O2. The van der Waals surface area contributed by atoms with E-state index in [1.54, 1.807) is 0 Å². The van der Waals surface area contributed by atoms with Crippen LogP contribution in [0.5, 0.6) is 0 Å². The number of amides is 1. The van der Waals surface area contributed by atoms with Gasteiger partial charge in [-0.1, -0.05) is 13.8 Å². The van der Waals surface area contributed by atoms with Crippen molar-refractivity contribution >= 4 is 11.6 Å². The zero-order valence-corrected chi connectivity index (χ0v) is 13.2. The summed E-state index contributed by atoms with van der Waals surface area (Å²) in [7, 11) is 0. The predicted molar refractivity (Wildman–Crippen MR) is 85.7 cm³/mol. The first kappa shape index (κ1) is 15.8. The van der Waals surface area contributed by atoms with Crippen molar-refractivity contribution in [3.8, 4) is 0 Å². The smallest absolute Gasteiger partial charge is 0.251 e. The summed E-state index contributed by atoms with van der Waals surface area (Å²) < 4.78 is 5.79. The monoisotopic (exact) mass is 290 g/mol. The van der Waals surface area contributed by atoms with Gasteiger partial charge >= 0.3 is 0 Å². The molecule has 0 saturated carbocycles. The highest BCUT2D eigenvalue weighted by Gasteiger charge is 2.24. The van der Waals surface area contributed by atoms with Crippen molar-refractivity contribution in [2.24, 2.45) is 5.92 Å². The number of anilines is 1. The van der Waals surface area contributed by atoms with E-state index in [9.17, 15) is 4.79 Å². The van der Waals surface area contributed by atoms with Crippen molar-refractivity contribution < 1.29 is 9.53 Å². The van der Waals surface area contributed by atoms with Crippen LogP contribution >= 0.6 is 0 Å². The molecule has 0 radical (unpaired) electrons. The second-order valence-corrected chi connectivity index (χ2v) is 5.96. The second kappa shape index (κ2) is 7.46. The normalized spacial score (nSPS) is 22.1. The number of benzene rings is 1. The molecule has 1 aliphatic rings. The van der Waals surface area contributed by atoms with Gasteiger partial charge in [-0.25, -0.2) is 0 Å². The van der Waals surface area contributed by atoms with Gasteiger partial charge in [0.2, 0.25) is 0 Å². The second-order valence-electron chi connectivity index (χ2n) is 5.96. The maximum absolute atomic E-state index is 11.7. The van der Waals surface area contributed by atoms with Crippen molar-refractivity contribution in [3.63, 3.8) is 0 Å².